The van der Waals surface area contributed by atoms with Crippen LogP contribution in [0.15, 0.2) is 6.33 Å². The van der Waals surface area contributed by atoms with Gasteiger partial charge in [0.15, 0.2) is 0 Å². The molecule has 1 N–H and O–H groups in total. The zero-order chi connectivity index (χ0) is 14.1. The van der Waals surface area contributed by atoms with Gasteiger partial charge in [0.25, 0.3) is 0 Å². The Hall–Kier alpha value is -0.980. The molecule has 0 radical (unpaired) electrons. The lowest BCUT2D eigenvalue weighted by atomic mass is 10.2. The Balaban J connectivity index is 2.20. The first-order chi connectivity index (χ1) is 9.13. The average molecular weight is 269 g/mol. The molecule has 0 fully saturated rings. The van der Waals surface area contributed by atoms with Crippen molar-refractivity contribution >= 4 is 0 Å². The van der Waals surface area contributed by atoms with E-state index in [0.717, 1.165) is 45.2 Å². The second kappa shape index (κ2) is 9.01. The van der Waals surface area contributed by atoms with Crippen LogP contribution in [0.3, 0.4) is 0 Å². The van der Waals surface area contributed by atoms with E-state index in [4.69, 9.17) is 4.74 Å². The highest BCUT2D eigenvalue weighted by Gasteiger charge is 2.05. The zero-order valence-electron chi connectivity index (χ0n) is 12.6. The number of nitrogens with one attached hydrogen (secondary N) is 1. The molecule has 0 saturated heterocycles. The zero-order valence-corrected chi connectivity index (χ0v) is 12.6. The Morgan fingerprint density at radius 1 is 1.42 bits per heavy atom. The topological polar surface area (TPSA) is 55.2 Å². The maximum Gasteiger partial charge on any atom is 0.140 e. The van der Waals surface area contributed by atoms with Crippen molar-refractivity contribution in [2.24, 2.45) is 5.92 Å². The first kappa shape index (κ1) is 16.1. The van der Waals surface area contributed by atoms with E-state index in [-0.39, 0.29) is 0 Å². The Morgan fingerprint density at radius 3 is 2.89 bits per heavy atom. The van der Waals surface area contributed by atoms with E-state index in [1.54, 1.807) is 13.4 Å². The maximum atomic E-state index is 5.05. The molecular weight excluding hydrogens is 242 g/mol. The van der Waals surface area contributed by atoms with Gasteiger partial charge < -0.3 is 15.0 Å². The second-order valence-electron chi connectivity index (χ2n) is 5.23. The number of hydrogen-bond acceptors (Lipinski definition) is 5. The number of hydrogen-bond donors (Lipinski definition) is 1. The summed E-state index contributed by atoms with van der Waals surface area (Å²) in [4.78, 5) is 6.54. The van der Waals surface area contributed by atoms with Gasteiger partial charge in [-0.05, 0) is 13.0 Å². The van der Waals surface area contributed by atoms with Gasteiger partial charge in [-0.1, -0.05) is 13.8 Å². The van der Waals surface area contributed by atoms with Crippen LogP contribution in [0.2, 0.25) is 0 Å². The molecular formula is C13H27N5O. The summed E-state index contributed by atoms with van der Waals surface area (Å²) in [6.07, 6.45) is 1.63. The van der Waals surface area contributed by atoms with Gasteiger partial charge >= 0.3 is 0 Å². The Labute approximate surface area is 116 Å². The van der Waals surface area contributed by atoms with Crippen LogP contribution in [0.1, 0.15) is 19.7 Å². The molecule has 1 aromatic heterocycles. The molecule has 0 aromatic carbocycles. The molecule has 0 unspecified atom stereocenters. The molecule has 19 heavy (non-hydrogen) atoms. The highest BCUT2D eigenvalue weighted by molar-refractivity contribution is 4.84. The normalized spacial score (nSPS) is 11.7. The predicted molar refractivity (Wildman–Crippen MR) is 75.9 cm³/mol. The summed E-state index contributed by atoms with van der Waals surface area (Å²) in [5, 5.41) is 7.65. The average Bonchev–Trinajstić information content (AvgIpc) is 2.78. The van der Waals surface area contributed by atoms with Gasteiger partial charge in [0.1, 0.15) is 12.2 Å². The molecule has 0 bridgehead atoms. The number of methoxy groups -OCH3 is 1. The first-order valence-corrected chi connectivity index (χ1v) is 6.88. The molecule has 1 heterocycles. The summed E-state index contributed by atoms with van der Waals surface area (Å²) in [5.74, 6) is 1.59. The standard InChI is InChI=1S/C13H27N5O/c1-12(2)10-18-13(15-11-16-18)9-14-5-6-17(3)7-8-19-4/h11-12,14H,5-10H2,1-4H3. The lowest BCUT2D eigenvalue weighted by Gasteiger charge is -2.16. The molecule has 0 saturated carbocycles. The van der Waals surface area contributed by atoms with Crippen molar-refractivity contribution in [1.29, 1.82) is 0 Å². The van der Waals surface area contributed by atoms with Crippen molar-refractivity contribution in [3.05, 3.63) is 12.2 Å². The van der Waals surface area contributed by atoms with Crippen LogP contribution < -0.4 is 5.32 Å². The number of ether oxygens (including phenoxy) is 1. The van der Waals surface area contributed by atoms with Crippen molar-refractivity contribution in [2.45, 2.75) is 26.9 Å². The third-order valence-electron chi connectivity index (χ3n) is 2.86. The summed E-state index contributed by atoms with van der Waals surface area (Å²) in [5.41, 5.74) is 0. The molecule has 1 aromatic rings. The Kier molecular flexibility index (Phi) is 7.62. The Bertz CT molecular complexity index is 340. The summed E-state index contributed by atoms with van der Waals surface area (Å²) in [7, 11) is 3.83. The molecule has 0 amide bonds. The molecule has 6 nitrogen and oxygen atoms in total. The largest absolute Gasteiger partial charge is 0.383 e. The van der Waals surface area contributed by atoms with E-state index in [2.05, 4.69) is 41.2 Å². The lowest BCUT2D eigenvalue weighted by molar-refractivity contribution is 0.161. The molecule has 0 aliphatic carbocycles. The fourth-order valence-electron chi connectivity index (χ4n) is 1.75. The van der Waals surface area contributed by atoms with Gasteiger partial charge in [0, 0.05) is 33.3 Å². The summed E-state index contributed by atoms with van der Waals surface area (Å²) in [6, 6.07) is 0. The van der Waals surface area contributed by atoms with Crippen LogP contribution in [0.25, 0.3) is 0 Å². The maximum absolute atomic E-state index is 5.05. The monoisotopic (exact) mass is 269 g/mol. The minimum absolute atomic E-state index is 0.584. The molecule has 0 atom stereocenters. The van der Waals surface area contributed by atoms with E-state index in [0.29, 0.717) is 5.92 Å². The fraction of sp³-hybridized carbons (Fsp3) is 0.846. The van der Waals surface area contributed by atoms with Gasteiger partial charge in [-0.25, -0.2) is 9.67 Å². The van der Waals surface area contributed by atoms with Crippen molar-refractivity contribution in [2.75, 3.05) is 40.4 Å². The minimum atomic E-state index is 0.584. The van der Waals surface area contributed by atoms with Crippen LogP contribution in [0.5, 0.6) is 0 Å². The highest BCUT2D eigenvalue weighted by Crippen LogP contribution is 2.00. The van der Waals surface area contributed by atoms with E-state index in [9.17, 15) is 0 Å². The molecule has 0 aliphatic heterocycles. The second-order valence-corrected chi connectivity index (χ2v) is 5.23. The SMILES string of the molecule is COCCN(C)CCNCc1ncnn1CC(C)C. The van der Waals surface area contributed by atoms with E-state index >= 15 is 0 Å². The van der Waals surface area contributed by atoms with Gasteiger partial charge in [-0.15, -0.1) is 0 Å². The first-order valence-electron chi connectivity index (χ1n) is 6.88. The summed E-state index contributed by atoms with van der Waals surface area (Å²) < 4.78 is 7.03. The molecule has 1 rings (SSSR count). The lowest BCUT2D eigenvalue weighted by Crippen LogP contribution is -2.31. The van der Waals surface area contributed by atoms with Crippen LogP contribution in [0.4, 0.5) is 0 Å². The molecule has 0 spiro atoms. The van der Waals surface area contributed by atoms with Crippen molar-refractivity contribution in [3.63, 3.8) is 0 Å². The summed E-state index contributed by atoms with van der Waals surface area (Å²) in [6.45, 7) is 9.74. The molecule has 110 valence electrons. The molecule has 6 heteroatoms. The summed E-state index contributed by atoms with van der Waals surface area (Å²) >= 11 is 0. The van der Waals surface area contributed by atoms with Crippen LogP contribution in [0, 0.1) is 5.92 Å². The van der Waals surface area contributed by atoms with E-state index in [1.165, 1.54) is 0 Å². The molecule has 0 aliphatic rings. The van der Waals surface area contributed by atoms with Crippen molar-refractivity contribution < 1.29 is 4.74 Å². The third kappa shape index (κ3) is 6.66. The van der Waals surface area contributed by atoms with Gasteiger partial charge in [-0.2, -0.15) is 5.10 Å². The van der Waals surface area contributed by atoms with Crippen LogP contribution in [-0.4, -0.2) is 60.1 Å². The van der Waals surface area contributed by atoms with Gasteiger partial charge in [0.05, 0.1) is 13.2 Å². The minimum Gasteiger partial charge on any atom is -0.383 e. The fourth-order valence-corrected chi connectivity index (χ4v) is 1.75. The van der Waals surface area contributed by atoms with E-state index < -0.39 is 0 Å². The van der Waals surface area contributed by atoms with Crippen LogP contribution in [-0.2, 0) is 17.8 Å². The predicted octanol–water partition coefficient (Wildman–Crippen LogP) is 0.602. The Morgan fingerprint density at radius 2 is 2.21 bits per heavy atom. The quantitative estimate of drug-likeness (QED) is 0.631. The van der Waals surface area contributed by atoms with Crippen molar-refractivity contribution in [1.82, 2.24) is 25.0 Å². The van der Waals surface area contributed by atoms with Gasteiger partial charge in [0.2, 0.25) is 0 Å². The third-order valence-corrected chi connectivity index (χ3v) is 2.86. The number of nitrogens with zero attached hydrogens (tertiary/aromatic N) is 4. The van der Waals surface area contributed by atoms with Gasteiger partial charge in [-0.3, -0.25) is 0 Å². The highest BCUT2D eigenvalue weighted by atomic mass is 16.5. The number of aromatic nitrogens is 3. The van der Waals surface area contributed by atoms with E-state index in [1.807, 2.05) is 4.68 Å². The van der Waals surface area contributed by atoms with Crippen molar-refractivity contribution in [3.8, 4) is 0 Å². The van der Waals surface area contributed by atoms with Crippen LogP contribution >= 0.6 is 0 Å². The number of likely N-dealkylation sites (N-methyl/N-ethyl adjacent to an activating group) is 1. The number of rotatable bonds is 10. The smallest absolute Gasteiger partial charge is 0.140 e.